The van der Waals surface area contributed by atoms with E-state index in [-0.39, 0.29) is 22.0 Å². The second kappa shape index (κ2) is 6.87. The molecule has 116 valence electrons. The van der Waals surface area contributed by atoms with Crippen LogP contribution < -0.4 is 5.32 Å². The summed E-state index contributed by atoms with van der Waals surface area (Å²) < 4.78 is 0. The first-order valence-electron chi connectivity index (χ1n) is 6.49. The van der Waals surface area contributed by atoms with Crippen LogP contribution in [0.4, 0.5) is 5.69 Å². The monoisotopic (exact) mass is 313 g/mol. The molecule has 0 radical (unpaired) electrons. The van der Waals surface area contributed by atoms with E-state index >= 15 is 0 Å². The third-order valence-electron chi connectivity index (χ3n) is 2.88. The fraction of sp³-hybridized carbons (Fsp3) is 0.500. The van der Waals surface area contributed by atoms with Gasteiger partial charge in [0.1, 0.15) is 5.02 Å². The van der Waals surface area contributed by atoms with E-state index in [1.165, 1.54) is 18.2 Å². The van der Waals surface area contributed by atoms with Crippen LogP contribution in [0, 0.1) is 15.5 Å². The Hall–Kier alpha value is -1.66. The maximum absolute atomic E-state index is 12.1. The van der Waals surface area contributed by atoms with Crippen LogP contribution in [0.1, 0.15) is 24.2 Å². The normalized spacial score (nSPS) is 11.5. The lowest BCUT2D eigenvalue weighted by atomic mass is 9.93. The number of rotatable bonds is 6. The van der Waals surface area contributed by atoms with Crippen molar-refractivity contribution in [3.63, 3.8) is 0 Å². The number of amides is 1. The van der Waals surface area contributed by atoms with Gasteiger partial charge in [-0.25, -0.2) is 0 Å². The summed E-state index contributed by atoms with van der Waals surface area (Å²) in [7, 11) is 3.94. The largest absolute Gasteiger partial charge is 0.351 e. The quantitative estimate of drug-likeness (QED) is 0.647. The summed E-state index contributed by atoms with van der Waals surface area (Å²) in [6.07, 6.45) is 0. The molecule has 0 saturated carbocycles. The third kappa shape index (κ3) is 5.32. The van der Waals surface area contributed by atoms with Crippen LogP contribution in [-0.2, 0) is 0 Å². The van der Waals surface area contributed by atoms with Gasteiger partial charge in [0, 0.05) is 24.7 Å². The summed E-state index contributed by atoms with van der Waals surface area (Å²) >= 11 is 5.80. The fourth-order valence-electron chi connectivity index (χ4n) is 2.13. The van der Waals surface area contributed by atoms with Crippen LogP contribution in [0.3, 0.4) is 0 Å². The summed E-state index contributed by atoms with van der Waals surface area (Å²) in [5.74, 6) is -0.293. The molecule has 1 amide bonds. The number of carbonyl (C=O) groups excluding carboxylic acids is 1. The van der Waals surface area contributed by atoms with Crippen molar-refractivity contribution in [2.24, 2.45) is 5.41 Å². The average Bonchev–Trinajstić information content (AvgIpc) is 2.33. The highest BCUT2D eigenvalue weighted by atomic mass is 35.5. The van der Waals surface area contributed by atoms with Gasteiger partial charge in [-0.15, -0.1) is 0 Å². The summed E-state index contributed by atoms with van der Waals surface area (Å²) in [5, 5.41) is 13.5. The maximum Gasteiger partial charge on any atom is 0.287 e. The Kier molecular flexibility index (Phi) is 5.69. The lowest BCUT2D eigenvalue weighted by Gasteiger charge is -2.28. The number of halogens is 1. The minimum atomic E-state index is -0.579. The predicted octanol–water partition coefficient (Wildman–Crippen LogP) is 2.57. The highest BCUT2D eigenvalue weighted by molar-refractivity contribution is 6.33. The van der Waals surface area contributed by atoms with Crippen molar-refractivity contribution in [1.82, 2.24) is 10.2 Å². The van der Waals surface area contributed by atoms with Crippen molar-refractivity contribution < 1.29 is 9.72 Å². The topological polar surface area (TPSA) is 75.5 Å². The van der Waals surface area contributed by atoms with Crippen molar-refractivity contribution in [1.29, 1.82) is 0 Å². The summed E-state index contributed by atoms with van der Waals surface area (Å²) in [4.78, 5) is 24.2. The minimum absolute atomic E-state index is 0.0415. The molecule has 1 aromatic rings. The van der Waals surface area contributed by atoms with E-state index in [9.17, 15) is 14.9 Å². The minimum Gasteiger partial charge on any atom is -0.351 e. The Balaban J connectivity index is 2.73. The number of nitrogens with one attached hydrogen (secondary N) is 1. The smallest absolute Gasteiger partial charge is 0.287 e. The molecule has 0 aliphatic heterocycles. The fourth-order valence-corrected chi connectivity index (χ4v) is 2.38. The number of nitro groups is 1. The van der Waals surface area contributed by atoms with Gasteiger partial charge >= 0.3 is 0 Å². The summed E-state index contributed by atoms with van der Waals surface area (Å²) in [6, 6.07) is 3.95. The van der Waals surface area contributed by atoms with Crippen molar-refractivity contribution in [3.8, 4) is 0 Å². The van der Waals surface area contributed by atoms with Gasteiger partial charge in [-0.2, -0.15) is 0 Å². The first-order valence-corrected chi connectivity index (χ1v) is 6.87. The highest BCUT2D eigenvalue weighted by Crippen LogP contribution is 2.25. The Morgan fingerprint density at radius 1 is 1.43 bits per heavy atom. The average molecular weight is 314 g/mol. The second-order valence-corrected chi connectivity index (χ2v) is 6.42. The zero-order valence-electron chi connectivity index (χ0n) is 12.6. The molecule has 1 N–H and O–H groups in total. The Labute approximate surface area is 129 Å². The lowest BCUT2D eigenvalue weighted by molar-refractivity contribution is -0.384. The third-order valence-corrected chi connectivity index (χ3v) is 3.18. The number of hydrogen-bond donors (Lipinski definition) is 1. The van der Waals surface area contributed by atoms with E-state index in [1.54, 1.807) is 0 Å². The highest BCUT2D eigenvalue weighted by Gasteiger charge is 2.21. The van der Waals surface area contributed by atoms with Gasteiger partial charge in [-0.3, -0.25) is 14.9 Å². The molecular formula is C14H20ClN3O3. The number of hydrogen-bond acceptors (Lipinski definition) is 4. The number of carbonyl (C=O) groups is 1. The molecule has 0 aliphatic rings. The van der Waals surface area contributed by atoms with Gasteiger partial charge in [0.2, 0.25) is 0 Å². The van der Waals surface area contributed by atoms with Gasteiger partial charge in [0.25, 0.3) is 11.6 Å². The molecule has 0 fully saturated rings. The van der Waals surface area contributed by atoms with Gasteiger partial charge in [-0.1, -0.05) is 25.4 Å². The van der Waals surface area contributed by atoms with E-state index in [0.717, 1.165) is 6.54 Å². The van der Waals surface area contributed by atoms with Crippen molar-refractivity contribution in [2.45, 2.75) is 13.8 Å². The number of nitrogens with zero attached hydrogens (tertiary/aromatic N) is 2. The van der Waals surface area contributed by atoms with Crippen LogP contribution in [0.5, 0.6) is 0 Å². The van der Waals surface area contributed by atoms with Crippen molar-refractivity contribution in [2.75, 3.05) is 27.2 Å². The van der Waals surface area contributed by atoms with Crippen LogP contribution in [0.25, 0.3) is 0 Å². The molecular weight excluding hydrogens is 294 g/mol. The molecule has 1 rings (SSSR count). The Bertz CT molecular complexity index is 544. The Morgan fingerprint density at radius 2 is 2.05 bits per heavy atom. The van der Waals surface area contributed by atoms with Crippen LogP contribution in [-0.4, -0.2) is 42.9 Å². The summed E-state index contributed by atoms with van der Waals surface area (Å²) in [5.41, 5.74) is 0.0244. The van der Waals surface area contributed by atoms with E-state index in [1.807, 2.05) is 14.1 Å². The molecule has 1 aromatic carbocycles. The van der Waals surface area contributed by atoms with E-state index in [0.29, 0.717) is 12.1 Å². The second-order valence-electron chi connectivity index (χ2n) is 6.01. The Morgan fingerprint density at radius 3 is 2.52 bits per heavy atom. The molecule has 0 spiro atoms. The lowest BCUT2D eigenvalue weighted by Crippen LogP contribution is -2.39. The van der Waals surface area contributed by atoms with E-state index in [2.05, 4.69) is 24.1 Å². The van der Waals surface area contributed by atoms with Gasteiger partial charge in [0.15, 0.2) is 0 Å². The van der Waals surface area contributed by atoms with Gasteiger partial charge < -0.3 is 10.2 Å². The first-order chi connectivity index (χ1) is 9.62. The maximum atomic E-state index is 12.1. The van der Waals surface area contributed by atoms with Gasteiger partial charge in [-0.05, 0) is 31.6 Å². The van der Waals surface area contributed by atoms with Crippen molar-refractivity contribution >= 4 is 23.2 Å². The SMILES string of the molecule is CN(C)CC(C)(C)CNC(=O)c1ccc([N+](=O)[O-])c(Cl)c1. The molecule has 7 heteroatoms. The van der Waals surface area contributed by atoms with Crippen molar-refractivity contribution in [3.05, 3.63) is 38.9 Å². The zero-order chi connectivity index (χ0) is 16.2. The summed E-state index contributed by atoms with van der Waals surface area (Å²) in [6.45, 7) is 5.43. The van der Waals surface area contributed by atoms with E-state index < -0.39 is 4.92 Å². The molecule has 0 heterocycles. The van der Waals surface area contributed by atoms with Crippen LogP contribution in [0.2, 0.25) is 5.02 Å². The molecule has 0 aromatic heterocycles. The number of benzene rings is 1. The molecule has 0 bridgehead atoms. The molecule has 0 unspecified atom stereocenters. The van der Waals surface area contributed by atoms with Gasteiger partial charge in [0.05, 0.1) is 4.92 Å². The molecule has 0 saturated heterocycles. The molecule has 6 nitrogen and oxygen atoms in total. The number of nitro benzene ring substituents is 1. The van der Waals surface area contributed by atoms with E-state index in [4.69, 9.17) is 11.6 Å². The standard InChI is InChI=1S/C14H20ClN3O3/c1-14(2,9-17(3)4)8-16-13(19)10-5-6-12(18(20)21)11(15)7-10/h5-7H,8-9H2,1-4H3,(H,16,19). The van der Waals surface area contributed by atoms with Crippen LogP contribution in [0.15, 0.2) is 18.2 Å². The van der Waals surface area contributed by atoms with Crippen LogP contribution >= 0.6 is 11.6 Å². The molecule has 0 aliphatic carbocycles. The first kappa shape index (κ1) is 17.4. The molecule has 0 atom stereocenters. The molecule has 21 heavy (non-hydrogen) atoms. The predicted molar refractivity (Wildman–Crippen MR) is 82.8 cm³/mol. The zero-order valence-corrected chi connectivity index (χ0v) is 13.4.